The molecular formula is C13H24N2O3. The van der Waals surface area contributed by atoms with Crippen molar-refractivity contribution in [3.63, 3.8) is 0 Å². The van der Waals surface area contributed by atoms with Crippen LogP contribution in [0.1, 0.15) is 38.5 Å². The van der Waals surface area contributed by atoms with Gasteiger partial charge < -0.3 is 15.3 Å². The number of carbonyl (C=O) groups is 2. The molecule has 18 heavy (non-hydrogen) atoms. The molecule has 0 aromatic rings. The van der Waals surface area contributed by atoms with E-state index in [4.69, 9.17) is 5.11 Å². The van der Waals surface area contributed by atoms with Crippen molar-refractivity contribution in [2.75, 3.05) is 26.7 Å². The summed E-state index contributed by atoms with van der Waals surface area (Å²) < 4.78 is 0. The number of piperidine rings is 1. The van der Waals surface area contributed by atoms with Crippen LogP contribution in [0, 0.1) is 5.92 Å². The van der Waals surface area contributed by atoms with Crippen molar-refractivity contribution in [2.45, 2.75) is 38.5 Å². The summed E-state index contributed by atoms with van der Waals surface area (Å²) >= 11 is 0. The van der Waals surface area contributed by atoms with Crippen molar-refractivity contribution in [1.29, 1.82) is 0 Å². The van der Waals surface area contributed by atoms with E-state index in [0.29, 0.717) is 18.8 Å². The Labute approximate surface area is 109 Å². The van der Waals surface area contributed by atoms with Crippen LogP contribution in [-0.4, -0.2) is 48.6 Å². The molecule has 0 radical (unpaired) electrons. The Morgan fingerprint density at radius 3 is 2.50 bits per heavy atom. The molecule has 104 valence electrons. The maximum absolute atomic E-state index is 11.1. The number of amides is 1. The molecule has 0 aliphatic carbocycles. The molecule has 1 rings (SSSR count). The number of carboxylic acid groups (broad SMARTS) is 1. The van der Waals surface area contributed by atoms with Gasteiger partial charge in [-0.15, -0.1) is 0 Å². The number of carboxylic acids is 1. The first kappa shape index (κ1) is 15.0. The van der Waals surface area contributed by atoms with Crippen LogP contribution in [0.2, 0.25) is 0 Å². The lowest BCUT2D eigenvalue weighted by atomic mass is 9.92. The predicted octanol–water partition coefficient (Wildman–Crippen LogP) is 1.09. The fraction of sp³-hybridized carbons (Fsp3) is 0.846. The molecule has 1 aliphatic rings. The van der Waals surface area contributed by atoms with Crippen LogP contribution < -0.4 is 5.32 Å². The summed E-state index contributed by atoms with van der Waals surface area (Å²) in [6.45, 7) is 3.05. The molecule has 0 bridgehead atoms. The van der Waals surface area contributed by atoms with Crippen LogP contribution in [-0.2, 0) is 9.59 Å². The fourth-order valence-corrected chi connectivity index (χ4v) is 2.41. The number of nitrogens with zero attached hydrogens (tertiary/aromatic N) is 1. The number of hydrogen-bond donors (Lipinski definition) is 2. The first-order valence-electron chi connectivity index (χ1n) is 6.76. The van der Waals surface area contributed by atoms with Crippen LogP contribution in [0.25, 0.3) is 0 Å². The van der Waals surface area contributed by atoms with Gasteiger partial charge in [-0.05, 0) is 51.2 Å². The highest BCUT2D eigenvalue weighted by Gasteiger charge is 2.19. The Kier molecular flexibility index (Phi) is 6.72. The molecule has 0 spiro atoms. The molecule has 1 heterocycles. The number of likely N-dealkylation sites (tertiary alicyclic amines) is 1. The normalized spacial score (nSPS) is 17.6. The van der Waals surface area contributed by atoms with Gasteiger partial charge >= 0.3 is 5.97 Å². The van der Waals surface area contributed by atoms with E-state index in [1.165, 1.54) is 0 Å². The third kappa shape index (κ3) is 6.00. The van der Waals surface area contributed by atoms with E-state index >= 15 is 0 Å². The minimum absolute atomic E-state index is 0.103. The standard InChI is InChI=1S/C13H24N2O3/c1-14-12(16)3-2-8-15-9-6-11(7-10-15)4-5-13(17)18/h11H,2-10H2,1H3,(H,14,16)(H,17,18). The van der Waals surface area contributed by atoms with Gasteiger partial charge in [-0.3, -0.25) is 9.59 Å². The van der Waals surface area contributed by atoms with Crippen molar-refractivity contribution >= 4 is 11.9 Å². The van der Waals surface area contributed by atoms with Crippen molar-refractivity contribution in [2.24, 2.45) is 5.92 Å². The summed E-state index contributed by atoms with van der Waals surface area (Å²) in [6.07, 6.45) is 4.78. The van der Waals surface area contributed by atoms with Crippen LogP contribution >= 0.6 is 0 Å². The summed E-state index contributed by atoms with van der Waals surface area (Å²) in [5, 5.41) is 11.3. The zero-order chi connectivity index (χ0) is 13.4. The first-order chi connectivity index (χ1) is 8.61. The Morgan fingerprint density at radius 1 is 1.28 bits per heavy atom. The number of rotatable bonds is 7. The van der Waals surface area contributed by atoms with Crippen LogP contribution in [0.5, 0.6) is 0 Å². The Bertz CT molecular complexity index is 273. The highest BCUT2D eigenvalue weighted by Crippen LogP contribution is 2.21. The Hall–Kier alpha value is -1.10. The zero-order valence-corrected chi connectivity index (χ0v) is 11.2. The number of aliphatic carboxylic acids is 1. The number of hydrogen-bond acceptors (Lipinski definition) is 3. The average Bonchev–Trinajstić information content (AvgIpc) is 2.37. The van der Waals surface area contributed by atoms with Gasteiger partial charge in [-0.2, -0.15) is 0 Å². The lowest BCUT2D eigenvalue weighted by molar-refractivity contribution is -0.137. The minimum Gasteiger partial charge on any atom is -0.481 e. The van der Waals surface area contributed by atoms with E-state index in [9.17, 15) is 9.59 Å². The van der Waals surface area contributed by atoms with E-state index in [1.807, 2.05) is 0 Å². The molecule has 1 aliphatic heterocycles. The molecule has 1 saturated heterocycles. The summed E-state index contributed by atoms with van der Waals surface area (Å²) in [6, 6.07) is 0. The molecule has 1 fully saturated rings. The molecule has 0 atom stereocenters. The second-order valence-electron chi connectivity index (χ2n) is 4.99. The smallest absolute Gasteiger partial charge is 0.303 e. The topological polar surface area (TPSA) is 69.6 Å². The van der Waals surface area contributed by atoms with Gasteiger partial charge in [0, 0.05) is 19.9 Å². The molecule has 2 N–H and O–H groups in total. The summed E-state index contributed by atoms with van der Waals surface area (Å²) in [5.41, 5.74) is 0. The van der Waals surface area contributed by atoms with Gasteiger partial charge in [0.05, 0.1) is 0 Å². The molecule has 0 unspecified atom stereocenters. The molecule has 1 amide bonds. The summed E-state index contributed by atoms with van der Waals surface area (Å²) in [4.78, 5) is 23.9. The SMILES string of the molecule is CNC(=O)CCCN1CCC(CCC(=O)O)CC1. The van der Waals surface area contributed by atoms with Crippen LogP contribution in [0.3, 0.4) is 0 Å². The third-order valence-corrected chi connectivity index (χ3v) is 3.63. The second kappa shape index (κ2) is 8.08. The first-order valence-corrected chi connectivity index (χ1v) is 6.76. The monoisotopic (exact) mass is 256 g/mol. The van der Waals surface area contributed by atoms with Crippen LogP contribution in [0.15, 0.2) is 0 Å². The van der Waals surface area contributed by atoms with Gasteiger partial charge in [0.2, 0.25) is 5.91 Å². The van der Waals surface area contributed by atoms with E-state index < -0.39 is 5.97 Å². The highest BCUT2D eigenvalue weighted by atomic mass is 16.4. The van der Waals surface area contributed by atoms with E-state index in [0.717, 1.165) is 45.3 Å². The number of carbonyl (C=O) groups excluding carboxylic acids is 1. The van der Waals surface area contributed by atoms with Gasteiger partial charge in [-0.1, -0.05) is 0 Å². The van der Waals surface area contributed by atoms with Gasteiger partial charge in [-0.25, -0.2) is 0 Å². The molecule has 5 heteroatoms. The molecule has 0 saturated carbocycles. The fourth-order valence-electron chi connectivity index (χ4n) is 2.41. The van der Waals surface area contributed by atoms with Gasteiger partial charge in [0.1, 0.15) is 0 Å². The molecular weight excluding hydrogens is 232 g/mol. The molecule has 0 aromatic carbocycles. The van der Waals surface area contributed by atoms with Crippen molar-refractivity contribution < 1.29 is 14.7 Å². The van der Waals surface area contributed by atoms with E-state index in [-0.39, 0.29) is 5.91 Å². The van der Waals surface area contributed by atoms with E-state index in [2.05, 4.69) is 10.2 Å². The minimum atomic E-state index is -0.692. The van der Waals surface area contributed by atoms with Crippen molar-refractivity contribution in [3.8, 4) is 0 Å². The Morgan fingerprint density at radius 2 is 1.94 bits per heavy atom. The van der Waals surface area contributed by atoms with Crippen molar-refractivity contribution in [3.05, 3.63) is 0 Å². The number of nitrogens with one attached hydrogen (secondary N) is 1. The lowest BCUT2D eigenvalue weighted by Gasteiger charge is -2.31. The van der Waals surface area contributed by atoms with Gasteiger partial charge in [0.25, 0.3) is 0 Å². The maximum Gasteiger partial charge on any atom is 0.303 e. The largest absolute Gasteiger partial charge is 0.481 e. The van der Waals surface area contributed by atoms with Crippen molar-refractivity contribution in [1.82, 2.24) is 10.2 Å². The summed E-state index contributed by atoms with van der Waals surface area (Å²) in [7, 11) is 1.66. The molecule has 0 aromatic heterocycles. The van der Waals surface area contributed by atoms with Gasteiger partial charge in [0.15, 0.2) is 0 Å². The average molecular weight is 256 g/mol. The van der Waals surface area contributed by atoms with Crippen LogP contribution in [0.4, 0.5) is 0 Å². The lowest BCUT2D eigenvalue weighted by Crippen LogP contribution is -2.35. The second-order valence-corrected chi connectivity index (χ2v) is 4.99. The molecule has 5 nitrogen and oxygen atoms in total. The third-order valence-electron chi connectivity index (χ3n) is 3.63. The summed E-state index contributed by atoms with van der Waals surface area (Å²) in [5.74, 6) is -0.0226. The maximum atomic E-state index is 11.1. The van der Waals surface area contributed by atoms with E-state index in [1.54, 1.807) is 7.05 Å². The Balaban J connectivity index is 2.08. The predicted molar refractivity (Wildman–Crippen MR) is 69.3 cm³/mol. The highest BCUT2D eigenvalue weighted by molar-refractivity contribution is 5.75. The quantitative estimate of drug-likeness (QED) is 0.715. The zero-order valence-electron chi connectivity index (χ0n) is 11.2.